The number of hydrogen-bond acceptors (Lipinski definition) is 7. The van der Waals surface area contributed by atoms with Crippen LogP contribution in [0.4, 0.5) is 22.2 Å². The first-order chi connectivity index (χ1) is 13.7. The Morgan fingerprint density at radius 2 is 1.89 bits per heavy atom. The highest BCUT2D eigenvalue weighted by atomic mass is 16.6. The van der Waals surface area contributed by atoms with Gasteiger partial charge in [-0.05, 0) is 25.1 Å². The first kappa shape index (κ1) is 18.0. The van der Waals surface area contributed by atoms with Crippen molar-refractivity contribution in [2.45, 2.75) is 6.92 Å². The number of carbonyl (C=O) groups excluding carboxylic acids is 1. The van der Waals surface area contributed by atoms with Crippen molar-refractivity contribution in [3.05, 3.63) is 48.8 Å². The second-order valence-electron chi connectivity index (χ2n) is 6.42. The molecule has 1 N–H and O–H groups in total. The van der Waals surface area contributed by atoms with Gasteiger partial charge in [-0.1, -0.05) is 18.2 Å². The third-order valence-electron chi connectivity index (χ3n) is 4.65. The summed E-state index contributed by atoms with van der Waals surface area (Å²) in [5.41, 5.74) is 1.74. The SMILES string of the molecule is CCOC(=O)N1CCN(c2ccnc(Nc3cccc4cccnc34)n2)CC1. The lowest BCUT2D eigenvalue weighted by Gasteiger charge is -2.34. The number of anilines is 3. The number of hydrogen-bond donors (Lipinski definition) is 1. The van der Waals surface area contributed by atoms with Crippen molar-refractivity contribution in [2.75, 3.05) is 43.0 Å². The molecule has 3 aromatic rings. The van der Waals surface area contributed by atoms with Crippen LogP contribution in [-0.4, -0.2) is 58.7 Å². The maximum atomic E-state index is 11.8. The number of carbonyl (C=O) groups is 1. The molecule has 0 bridgehead atoms. The molecule has 2 aromatic heterocycles. The number of benzene rings is 1. The number of amides is 1. The van der Waals surface area contributed by atoms with E-state index in [-0.39, 0.29) is 6.09 Å². The maximum absolute atomic E-state index is 11.8. The Morgan fingerprint density at radius 3 is 2.71 bits per heavy atom. The molecule has 8 nitrogen and oxygen atoms in total. The van der Waals surface area contributed by atoms with Gasteiger partial charge in [0.1, 0.15) is 5.82 Å². The van der Waals surface area contributed by atoms with Gasteiger partial charge < -0.3 is 19.9 Å². The number of piperazine rings is 1. The Hall–Kier alpha value is -3.42. The summed E-state index contributed by atoms with van der Waals surface area (Å²) < 4.78 is 5.07. The van der Waals surface area contributed by atoms with Crippen LogP contribution in [0.5, 0.6) is 0 Å². The molecule has 1 aromatic carbocycles. The van der Waals surface area contributed by atoms with Gasteiger partial charge in [-0.2, -0.15) is 4.98 Å². The van der Waals surface area contributed by atoms with E-state index in [0.29, 0.717) is 38.7 Å². The van der Waals surface area contributed by atoms with E-state index in [9.17, 15) is 4.79 Å². The lowest BCUT2D eigenvalue weighted by Crippen LogP contribution is -2.49. The van der Waals surface area contributed by atoms with E-state index in [1.165, 1.54) is 0 Å². The summed E-state index contributed by atoms with van der Waals surface area (Å²) in [6, 6.07) is 11.8. The average molecular weight is 378 g/mol. The van der Waals surface area contributed by atoms with E-state index < -0.39 is 0 Å². The molecule has 4 rings (SSSR count). The van der Waals surface area contributed by atoms with Crippen molar-refractivity contribution in [3.63, 3.8) is 0 Å². The Morgan fingerprint density at radius 1 is 1.07 bits per heavy atom. The smallest absolute Gasteiger partial charge is 0.409 e. The molecule has 0 unspecified atom stereocenters. The third-order valence-corrected chi connectivity index (χ3v) is 4.65. The summed E-state index contributed by atoms with van der Waals surface area (Å²) in [5.74, 6) is 1.35. The van der Waals surface area contributed by atoms with E-state index >= 15 is 0 Å². The molecule has 0 atom stereocenters. The van der Waals surface area contributed by atoms with Crippen LogP contribution in [0.3, 0.4) is 0 Å². The molecule has 0 radical (unpaired) electrons. The molecule has 0 spiro atoms. The monoisotopic (exact) mass is 378 g/mol. The zero-order chi connectivity index (χ0) is 19.3. The Labute approximate surface area is 163 Å². The number of ether oxygens (including phenoxy) is 1. The first-order valence-corrected chi connectivity index (χ1v) is 9.35. The van der Waals surface area contributed by atoms with Crippen molar-refractivity contribution in [1.29, 1.82) is 0 Å². The summed E-state index contributed by atoms with van der Waals surface area (Å²) in [5, 5.41) is 4.33. The molecule has 1 saturated heterocycles. The number of nitrogens with one attached hydrogen (secondary N) is 1. The van der Waals surface area contributed by atoms with Crippen molar-refractivity contribution >= 4 is 34.4 Å². The van der Waals surface area contributed by atoms with E-state index in [4.69, 9.17) is 4.74 Å². The van der Waals surface area contributed by atoms with Crippen molar-refractivity contribution < 1.29 is 9.53 Å². The maximum Gasteiger partial charge on any atom is 0.409 e. The summed E-state index contributed by atoms with van der Waals surface area (Å²) in [6.07, 6.45) is 3.25. The predicted molar refractivity (Wildman–Crippen MR) is 108 cm³/mol. The summed E-state index contributed by atoms with van der Waals surface area (Å²) in [4.78, 5) is 29.2. The largest absolute Gasteiger partial charge is 0.450 e. The molecule has 3 heterocycles. The highest BCUT2D eigenvalue weighted by molar-refractivity contribution is 5.91. The van der Waals surface area contributed by atoms with Gasteiger partial charge in [-0.25, -0.2) is 9.78 Å². The normalized spacial score (nSPS) is 14.2. The molecule has 1 aliphatic rings. The number of fused-ring (bicyclic) bond motifs is 1. The molecule has 1 amide bonds. The number of rotatable bonds is 4. The van der Waals surface area contributed by atoms with Crippen LogP contribution in [0, 0.1) is 0 Å². The molecular weight excluding hydrogens is 356 g/mol. The molecule has 1 aliphatic heterocycles. The topological polar surface area (TPSA) is 83.5 Å². The Kier molecular flexibility index (Phi) is 5.18. The second-order valence-corrected chi connectivity index (χ2v) is 6.42. The third kappa shape index (κ3) is 3.80. The van der Waals surface area contributed by atoms with Crippen LogP contribution in [0.2, 0.25) is 0 Å². The van der Waals surface area contributed by atoms with Gasteiger partial charge in [-0.15, -0.1) is 0 Å². The molecule has 1 fully saturated rings. The van der Waals surface area contributed by atoms with E-state index in [2.05, 4.69) is 25.2 Å². The fourth-order valence-corrected chi connectivity index (χ4v) is 3.24. The molecular formula is C20H22N6O2. The second kappa shape index (κ2) is 8.08. The lowest BCUT2D eigenvalue weighted by molar-refractivity contribution is 0.105. The zero-order valence-electron chi connectivity index (χ0n) is 15.7. The predicted octanol–water partition coefficient (Wildman–Crippen LogP) is 3.05. The van der Waals surface area contributed by atoms with Crippen LogP contribution >= 0.6 is 0 Å². The van der Waals surface area contributed by atoms with E-state index in [1.54, 1.807) is 17.3 Å². The van der Waals surface area contributed by atoms with Crippen LogP contribution in [0.1, 0.15) is 6.92 Å². The molecule has 0 aliphatic carbocycles. The lowest BCUT2D eigenvalue weighted by atomic mass is 10.2. The van der Waals surface area contributed by atoms with Crippen LogP contribution < -0.4 is 10.2 Å². The van der Waals surface area contributed by atoms with Crippen molar-refractivity contribution in [1.82, 2.24) is 19.9 Å². The summed E-state index contributed by atoms with van der Waals surface area (Å²) >= 11 is 0. The fraction of sp³-hybridized carbons (Fsp3) is 0.300. The average Bonchev–Trinajstić information content (AvgIpc) is 2.75. The van der Waals surface area contributed by atoms with Gasteiger partial charge in [0.05, 0.1) is 17.8 Å². The van der Waals surface area contributed by atoms with Crippen molar-refractivity contribution in [3.8, 4) is 0 Å². The van der Waals surface area contributed by atoms with E-state index in [1.807, 2.05) is 43.3 Å². The number of aromatic nitrogens is 3. The van der Waals surface area contributed by atoms with Crippen LogP contribution in [0.25, 0.3) is 10.9 Å². The highest BCUT2D eigenvalue weighted by Gasteiger charge is 2.22. The fourth-order valence-electron chi connectivity index (χ4n) is 3.24. The summed E-state index contributed by atoms with van der Waals surface area (Å²) in [7, 11) is 0. The number of nitrogens with zero attached hydrogens (tertiary/aromatic N) is 5. The van der Waals surface area contributed by atoms with Crippen molar-refractivity contribution in [2.24, 2.45) is 0 Å². The highest BCUT2D eigenvalue weighted by Crippen LogP contribution is 2.24. The summed E-state index contributed by atoms with van der Waals surface area (Å²) in [6.45, 7) is 4.83. The van der Waals surface area contributed by atoms with Gasteiger partial charge in [0.15, 0.2) is 0 Å². The first-order valence-electron chi connectivity index (χ1n) is 9.35. The number of para-hydroxylation sites is 1. The zero-order valence-corrected chi connectivity index (χ0v) is 15.7. The van der Waals surface area contributed by atoms with Gasteiger partial charge >= 0.3 is 6.09 Å². The van der Waals surface area contributed by atoms with Crippen LogP contribution in [0.15, 0.2) is 48.8 Å². The van der Waals surface area contributed by atoms with E-state index in [0.717, 1.165) is 22.4 Å². The van der Waals surface area contributed by atoms with Gasteiger partial charge in [0, 0.05) is 44.0 Å². The standard InChI is InChI=1S/C20H22N6O2/c1-2-28-20(27)26-13-11-25(12-14-26)17-8-10-22-19(24-17)23-16-7-3-5-15-6-4-9-21-18(15)16/h3-10H,2,11-14H2,1H3,(H,22,23,24). The minimum Gasteiger partial charge on any atom is -0.450 e. The quantitative estimate of drug-likeness (QED) is 0.747. The Balaban J connectivity index is 1.47. The van der Waals surface area contributed by atoms with Gasteiger partial charge in [-0.3, -0.25) is 4.98 Å². The van der Waals surface area contributed by atoms with Gasteiger partial charge in [0.2, 0.25) is 5.95 Å². The Bertz CT molecular complexity index is 966. The minimum atomic E-state index is -0.254. The number of pyridine rings is 1. The van der Waals surface area contributed by atoms with Gasteiger partial charge in [0.25, 0.3) is 0 Å². The molecule has 8 heteroatoms. The minimum absolute atomic E-state index is 0.254. The molecule has 0 saturated carbocycles. The van der Waals surface area contributed by atoms with Crippen LogP contribution in [-0.2, 0) is 4.74 Å². The molecule has 28 heavy (non-hydrogen) atoms. The molecule has 144 valence electrons.